The minimum Gasteiger partial charge on any atom is -0.489 e. The van der Waals surface area contributed by atoms with Crippen LogP contribution in [-0.2, 0) is 4.79 Å². The van der Waals surface area contributed by atoms with Gasteiger partial charge in [0.1, 0.15) is 5.75 Å². The molecule has 0 atom stereocenters. The van der Waals surface area contributed by atoms with E-state index >= 15 is 0 Å². The standard InChI is InChI=1S/C12H16N2O2/c1-8(2)16-11-5-3-9(7-10(11)13)4-6-12(14)15/h3-8H,13H2,1-2H3,(H2,14,15)/b6-4-. The Labute approximate surface area is 94.9 Å². The summed E-state index contributed by atoms with van der Waals surface area (Å²) < 4.78 is 5.48. The molecule has 0 bridgehead atoms. The van der Waals surface area contributed by atoms with E-state index in [4.69, 9.17) is 16.2 Å². The van der Waals surface area contributed by atoms with Crippen molar-refractivity contribution in [1.29, 1.82) is 0 Å². The third-order valence-electron chi connectivity index (χ3n) is 1.84. The first-order chi connectivity index (χ1) is 7.49. The largest absolute Gasteiger partial charge is 0.489 e. The summed E-state index contributed by atoms with van der Waals surface area (Å²) in [5.41, 5.74) is 12.1. The molecule has 0 heterocycles. The summed E-state index contributed by atoms with van der Waals surface area (Å²) >= 11 is 0. The smallest absolute Gasteiger partial charge is 0.241 e. The zero-order valence-electron chi connectivity index (χ0n) is 9.44. The molecule has 0 saturated carbocycles. The van der Waals surface area contributed by atoms with Crippen LogP contribution in [0.3, 0.4) is 0 Å². The van der Waals surface area contributed by atoms with Crippen LogP contribution in [0, 0.1) is 0 Å². The normalized spacial score (nSPS) is 10.9. The lowest BCUT2D eigenvalue weighted by Crippen LogP contribution is -2.07. The molecule has 16 heavy (non-hydrogen) atoms. The average Bonchev–Trinajstić information content (AvgIpc) is 2.18. The van der Waals surface area contributed by atoms with Gasteiger partial charge >= 0.3 is 0 Å². The lowest BCUT2D eigenvalue weighted by atomic mass is 10.1. The highest BCUT2D eigenvalue weighted by atomic mass is 16.5. The van der Waals surface area contributed by atoms with Crippen molar-refractivity contribution in [1.82, 2.24) is 0 Å². The molecule has 1 aromatic rings. The van der Waals surface area contributed by atoms with E-state index < -0.39 is 5.91 Å². The molecule has 1 rings (SSSR count). The van der Waals surface area contributed by atoms with E-state index in [0.717, 1.165) is 5.56 Å². The number of carbonyl (C=O) groups is 1. The van der Waals surface area contributed by atoms with Crippen molar-refractivity contribution < 1.29 is 9.53 Å². The Hall–Kier alpha value is -1.97. The van der Waals surface area contributed by atoms with E-state index in [0.29, 0.717) is 11.4 Å². The van der Waals surface area contributed by atoms with Crippen LogP contribution in [0.4, 0.5) is 5.69 Å². The van der Waals surface area contributed by atoms with Gasteiger partial charge in [0.25, 0.3) is 0 Å². The zero-order valence-corrected chi connectivity index (χ0v) is 9.44. The summed E-state index contributed by atoms with van der Waals surface area (Å²) in [7, 11) is 0. The highest BCUT2D eigenvalue weighted by Gasteiger charge is 2.02. The van der Waals surface area contributed by atoms with Gasteiger partial charge in [-0.3, -0.25) is 4.79 Å². The van der Waals surface area contributed by atoms with E-state index in [1.807, 2.05) is 19.9 Å². The third kappa shape index (κ3) is 3.65. The summed E-state index contributed by atoms with van der Waals surface area (Å²) in [5, 5.41) is 0. The number of carbonyl (C=O) groups excluding carboxylic acids is 1. The van der Waals surface area contributed by atoms with Crippen LogP contribution in [0.15, 0.2) is 24.3 Å². The molecule has 1 amide bonds. The van der Waals surface area contributed by atoms with Gasteiger partial charge in [-0.15, -0.1) is 0 Å². The van der Waals surface area contributed by atoms with Crippen molar-refractivity contribution in [3.8, 4) is 5.75 Å². The van der Waals surface area contributed by atoms with Gasteiger partial charge in [-0.25, -0.2) is 0 Å². The van der Waals surface area contributed by atoms with Crippen LogP contribution in [0.2, 0.25) is 0 Å². The minimum absolute atomic E-state index is 0.0781. The fourth-order valence-corrected chi connectivity index (χ4v) is 1.21. The van der Waals surface area contributed by atoms with Gasteiger partial charge in [0.15, 0.2) is 0 Å². The number of primary amides is 1. The first-order valence-electron chi connectivity index (χ1n) is 5.02. The number of nitrogens with two attached hydrogens (primary N) is 2. The van der Waals surface area contributed by atoms with E-state index in [1.165, 1.54) is 6.08 Å². The van der Waals surface area contributed by atoms with E-state index in [1.54, 1.807) is 18.2 Å². The second-order valence-electron chi connectivity index (χ2n) is 3.70. The summed E-state index contributed by atoms with van der Waals surface area (Å²) in [6.07, 6.45) is 2.98. The molecule has 0 aliphatic rings. The Morgan fingerprint density at radius 3 is 2.62 bits per heavy atom. The van der Waals surface area contributed by atoms with Gasteiger partial charge in [0, 0.05) is 6.08 Å². The molecule has 1 aromatic carbocycles. The Bertz CT molecular complexity index is 411. The lowest BCUT2D eigenvalue weighted by Gasteiger charge is -2.12. The molecule has 0 aromatic heterocycles. The predicted octanol–water partition coefficient (Wildman–Crippen LogP) is 1.55. The first-order valence-corrected chi connectivity index (χ1v) is 5.02. The van der Waals surface area contributed by atoms with Crippen LogP contribution in [0.1, 0.15) is 19.4 Å². The Morgan fingerprint density at radius 1 is 1.44 bits per heavy atom. The average molecular weight is 220 g/mol. The zero-order chi connectivity index (χ0) is 12.1. The van der Waals surface area contributed by atoms with Crippen molar-refractivity contribution in [2.45, 2.75) is 20.0 Å². The van der Waals surface area contributed by atoms with E-state index in [9.17, 15) is 4.79 Å². The molecule has 0 unspecified atom stereocenters. The summed E-state index contributed by atoms with van der Waals surface area (Å²) in [4.78, 5) is 10.5. The molecular weight excluding hydrogens is 204 g/mol. The number of ether oxygens (including phenoxy) is 1. The first kappa shape index (κ1) is 12.1. The molecule has 0 radical (unpaired) electrons. The SMILES string of the molecule is CC(C)Oc1ccc(/C=C\C(N)=O)cc1N. The van der Waals surface area contributed by atoms with Crippen molar-refractivity contribution in [3.63, 3.8) is 0 Å². The summed E-state index contributed by atoms with van der Waals surface area (Å²) in [6.45, 7) is 3.86. The molecule has 0 fully saturated rings. The topological polar surface area (TPSA) is 78.3 Å². The predicted molar refractivity (Wildman–Crippen MR) is 64.8 cm³/mol. The molecule has 0 aliphatic carbocycles. The van der Waals surface area contributed by atoms with E-state index in [-0.39, 0.29) is 6.10 Å². The number of nitrogen functional groups attached to an aromatic ring is 1. The van der Waals surface area contributed by atoms with Gasteiger partial charge in [-0.2, -0.15) is 0 Å². The molecule has 0 aliphatic heterocycles. The van der Waals surface area contributed by atoms with Crippen LogP contribution in [-0.4, -0.2) is 12.0 Å². The number of hydrogen-bond acceptors (Lipinski definition) is 3. The second kappa shape index (κ2) is 5.21. The van der Waals surface area contributed by atoms with Crippen molar-refractivity contribution in [2.75, 3.05) is 5.73 Å². The fourth-order valence-electron chi connectivity index (χ4n) is 1.21. The fraction of sp³-hybridized carbons (Fsp3) is 0.250. The molecule has 0 spiro atoms. The highest BCUT2D eigenvalue weighted by Crippen LogP contribution is 2.24. The molecular formula is C12H16N2O2. The number of rotatable bonds is 4. The number of benzene rings is 1. The molecule has 4 nitrogen and oxygen atoms in total. The number of hydrogen-bond donors (Lipinski definition) is 2. The van der Waals surface area contributed by atoms with E-state index in [2.05, 4.69) is 0 Å². The lowest BCUT2D eigenvalue weighted by molar-refractivity contribution is -0.113. The van der Waals surface area contributed by atoms with Crippen LogP contribution < -0.4 is 16.2 Å². The Kier molecular flexibility index (Phi) is 3.94. The number of amides is 1. The van der Waals surface area contributed by atoms with Gasteiger partial charge in [-0.1, -0.05) is 6.07 Å². The summed E-state index contributed by atoms with van der Waals surface area (Å²) in [6, 6.07) is 5.32. The maximum Gasteiger partial charge on any atom is 0.241 e. The Morgan fingerprint density at radius 2 is 2.12 bits per heavy atom. The van der Waals surface area contributed by atoms with Crippen LogP contribution >= 0.6 is 0 Å². The monoisotopic (exact) mass is 220 g/mol. The van der Waals surface area contributed by atoms with Gasteiger partial charge in [0.2, 0.25) is 5.91 Å². The van der Waals surface area contributed by atoms with Gasteiger partial charge < -0.3 is 16.2 Å². The maximum atomic E-state index is 10.5. The highest BCUT2D eigenvalue weighted by molar-refractivity contribution is 5.90. The van der Waals surface area contributed by atoms with Crippen LogP contribution in [0.5, 0.6) is 5.75 Å². The summed E-state index contributed by atoms with van der Waals surface area (Å²) in [5.74, 6) is 0.160. The van der Waals surface area contributed by atoms with Crippen LogP contribution in [0.25, 0.3) is 6.08 Å². The quantitative estimate of drug-likeness (QED) is 0.597. The van der Waals surface area contributed by atoms with Crippen molar-refractivity contribution in [2.24, 2.45) is 5.73 Å². The van der Waals surface area contributed by atoms with Gasteiger partial charge in [0.05, 0.1) is 11.8 Å². The second-order valence-corrected chi connectivity index (χ2v) is 3.70. The number of anilines is 1. The molecule has 86 valence electrons. The van der Waals surface area contributed by atoms with Gasteiger partial charge in [-0.05, 0) is 37.6 Å². The molecule has 4 N–H and O–H groups in total. The third-order valence-corrected chi connectivity index (χ3v) is 1.84. The van der Waals surface area contributed by atoms with Crippen molar-refractivity contribution in [3.05, 3.63) is 29.8 Å². The maximum absolute atomic E-state index is 10.5. The Balaban J connectivity index is 2.86. The molecule has 4 heteroatoms. The van der Waals surface area contributed by atoms with Crippen molar-refractivity contribution >= 4 is 17.7 Å². The minimum atomic E-state index is -0.485. The molecule has 0 saturated heterocycles.